The van der Waals surface area contributed by atoms with E-state index < -0.39 is 5.97 Å². The van der Waals surface area contributed by atoms with Crippen molar-refractivity contribution in [2.75, 3.05) is 7.05 Å². The number of rotatable bonds is 7. The molecule has 0 saturated heterocycles. The number of aromatic carboxylic acids is 1. The number of hydrogen-bond donors (Lipinski definition) is 2. The van der Waals surface area contributed by atoms with Gasteiger partial charge < -0.3 is 10.4 Å². The lowest BCUT2D eigenvalue weighted by atomic mass is 10.1. The van der Waals surface area contributed by atoms with E-state index in [-0.39, 0.29) is 23.6 Å². The van der Waals surface area contributed by atoms with Gasteiger partial charge in [0.15, 0.2) is 0 Å². The zero-order valence-electron chi connectivity index (χ0n) is 13.1. The number of amides is 1. The van der Waals surface area contributed by atoms with Gasteiger partial charge >= 0.3 is 5.97 Å². The van der Waals surface area contributed by atoms with E-state index in [1.54, 1.807) is 24.3 Å². The van der Waals surface area contributed by atoms with Crippen molar-refractivity contribution in [2.45, 2.75) is 45.8 Å². The Morgan fingerprint density at radius 1 is 1.24 bits per heavy atom. The van der Waals surface area contributed by atoms with Gasteiger partial charge in [-0.3, -0.25) is 9.69 Å². The van der Waals surface area contributed by atoms with Crippen LogP contribution in [0, 0.1) is 0 Å². The topological polar surface area (TPSA) is 69.6 Å². The zero-order valence-corrected chi connectivity index (χ0v) is 13.1. The molecule has 2 unspecified atom stereocenters. The van der Waals surface area contributed by atoms with E-state index in [0.29, 0.717) is 6.54 Å². The van der Waals surface area contributed by atoms with Crippen LogP contribution in [0.4, 0.5) is 0 Å². The third-order valence-corrected chi connectivity index (χ3v) is 3.67. The second kappa shape index (κ2) is 7.78. The summed E-state index contributed by atoms with van der Waals surface area (Å²) in [6.45, 7) is 6.47. The van der Waals surface area contributed by atoms with E-state index in [0.717, 1.165) is 12.0 Å². The minimum absolute atomic E-state index is 0.00834. The van der Waals surface area contributed by atoms with E-state index >= 15 is 0 Å². The number of carboxylic acids is 1. The molecular formula is C16H24N2O3. The Morgan fingerprint density at radius 2 is 1.81 bits per heavy atom. The smallest absolute Gasteiger partial charge is 0.335 e. The lowest BCUT2D eigenvalue weighted by molar-refractivity contribution is -0.126. The molecule has 0 saturated carbocycles. The first-order valence-electron chi connectivity index (χ1n) is 7.18. The third-order valence-electron chi connectivity index (χ3n) is 3.67. The van der Waals surface area contributed by atoms with Gasteiger partial charge in [0, 0.05) is 12.6 Å². The maximum atomic E-state index is 12.1. The molecule has 0 fully saturated rings. The minimum Gasteiger partial charge on any atom is -0.478 e. The van der Waals surface area contributed by atoms with Crippen LogP contribution >= 0.6 is 0 Å². The van der Waals surface area contributed by atoms with Crippen molar-refractivity contribution in [1.29, 1.82) is 0 Å². The van der Waals surface area contributed by atoms with Crippen LogP contribution in [0.1, 0.15) is 43.1 Å². The molecule has 0 aliphatic rings. The Labute approximate surface area is 126 Å². The second-order valence-electron chi connectivity index (χ2n) is 5.41. The zero-order chi connectivity index (χ0) is 16.0. The number of likely N-dealkylation sites (N-methyl/N-ethyl adjacent to an activating group) is 1. The molecule has 1 aromatic carbocycles. The highest BCUT2D eigenvalue weighted by Gasteiger charge is 2.19. The predicted molar refractivity (Wildman–Crippen MR) is 82.2 cm³/mol. The molecule has 116 valence electrons. The number of benzene rings is 1. The van der Waals surface area contributed by atoms with E-state index in [1.807, 2.05) is 32.7 Å². The van der Waals surface area contributed by atoms with E-state index in [4.69, 9.17) is 5.11 Å². The number of carbonyl (C=O) groups is 2. The molecule has 1 rings (SSSR count). The fourth-order valence-electron chi connectivity index (χ4n) is 1.84. The number of nitrogens with one attached hydrogen (secondary N) is 1. The number of hydrogen-bond acceptors (Lipinski definition) is 3. The lowest BCUT2D eigenvalue weighted by Gasteiger charge is -2.25. The Balaban J connectivity index is 2.61. The summed E-state index contributed by atoms with van der Waals surface area (Å²) < 4.78 is 0. The highest BCUT2D eigenvalue weighted by atomic mass is 16.4. The molecule has 0 spiro atoms. The molecule has 1 amide bonds. The van der Waals surface area contributed by atoms with E-state index in [9.17, 15) is 9.59 Å². The Bertz CT molecular complexity index is 485. The molecule has 0 aromatic heterocycles. The van der Waals surface area contributed by atoms with Crippen LogP contribution in [0.25, 0.3) is 0 Å². The molecule has 2 N–H and O–H groups in total. The van der Waals surface area contributed by atoms with Crippen LogP contribution in [0.2, 0.25) is 0 Å². The van der Waals surface area contributed by atoms with Gasteiger partial charge in [-0.15, -0.1) is 0 Å². The molecule has 0 aliphatic heterocycles. The quantitative estimate of drug-likeness (QED) is 0.807. The van der Waals surface area contributed by atoms with Gasteiger partial charge in [-0.05, 0) is 45.0 Å². The number of carbonyl (C=O) groups excluding carboxylic acids is 1. The highest BCUT2D eigenvalue weighted by Crippen LogP contribution is 2.09. The van der Waals surface area contributed by atoms with Crippen molar-refractivity contribution in [3.05, 3.63) is 35.4 Å². The maximum Gasteiger partial charge on any atom is 0.335 e. The van der Waals surface area contributed by atoms with Crippen LogP contribution in [0.15, 0.2) is 24.3 Å². The maximum absolute atomic E-state index is 12.1. The minimum atomic E-state index is -0.934. The summed E-state index contributed by atoms with van der Waals surface area (Å²) in [5.41, 5.74) is 1.25. The second-order valence-corrected chi connectivity index (χ2v) is 5.41. The van der Waals surface area contributed by atoms with Crippen molar-refractivity contribution in [3.8, 4) is 0 Å². The third kappa shape index (κ3) is 5.19. The SMILES string of the molecule is CCC(C)NC(=O)C(C)N(C)Cc1ccc(C(=O)O)cc1. The highest BCUT2D eigenvalue weighted by molar-refractivity contribution is 5.87. The largest absolute Gasteiger partial charge is 0.478 e. The predicted octanol–water partition coefficient (Wildman–Crippen LogP) is 2.12. The van der Waals surface area contributed by atoms with Crippen LogP contribution in [0.3, 0.4) is 0 Å². The molecular weight excluding hydrogens is 268 g/mol. The van der Waals surface area contributed by atoms with Gasteiger partial charge in [0.2, 0.25) is 5.91 Å². The van der Waals surface area contributed by atoms with Gasteiger partial charge in [0.1, 0.15) is 0 Å². The molecule has 0 radical (unpaired) electrons. The molecule has 1 aromatic rings. The van der Waals surface area contributed by atoms with Crippen molar-refractivity contribution in [1.82, 2.24) is 10.2 Å². The van der Waals surface area contributed by atoms with Gasteiger partial charge in [0.05, 0.1) is 11.6 Å². The Hall–Kier alpha value is -1.88. The Morgan fingerprint density at radius 3 is 2.29 bits per heavy atom. The molecule has 5 heteroatoms. The normalized spacial score (nSPS) is 13.8. The van der Waals surface area contributed by atoms with Gasteiger partial charge in [-0.25, -0.2) is 4.79 Å². The summed E-state index contributed by atoms with van der Waals surface area (Å²) in [5.74, 6) is -0.926. The van der Waals surface area contributed by atoms with Crippen molar-refractivity contribution < 1.29 is 14.7 Å². The van der Waals surface area contributed by atoms with Gasteiger partial charge in [-0.1, -0.05) is 19.1 Å². The van der Waals surface area contributed by atoms with Gasteiger partial charge in [-0.2, -0.15) is 0 Å². The molecule has 0 bridgehead atoms. The van der Waals surface area contributed by atoms with Crippen molar-refractivity contribution in [3.63, 3.8) is 0 Å². The van der Waals surface area contributed by atoms with Crippen LogP contribution in [-0.4, -0.2) is 41.0 Å². The van der Waals surface area contributed by atoms with E-state index in [2.05, 4.69) is 5.32 Å². The molecule has 21 heavy (non-hydrogen) atoms. The number of nitrogens with zero attached hydrogens (tertiary/aromatic N) is 1. The first kappa shape index (κ1) is 17.2. The average molecular weight is 292 g/mol. The Kier molecular flexibility index (Phi) is 6.37. The molecule has 5 nitrogen and oxygen atoms in total. The summed E-state index contributed by atoms with van der Waals surface area (Å²) in [7, 11) is 1.88. The molecule has 0 heterocycles. The fraction of sp³-hybridized carbons (Fsp3) is 0.500. The van der Waals surface area contributed by atoms with E-state index in [1.165, 1.54) is 0 Å². The summed E-state index contributed by atoms with van der Waals surface area (Å²) in [6, 6.07) is 6.64. The first-order chi connectivity index (χ1) is 9.85. The van der Waals surface area contributed by atoms with Crippen molar-refractivity contribution >= 4 is 11.9 Å². The molecule has 2 atom stereocenters. The average Bonchev–Trinajstić information content (AvgIpc) is 2.46. The summed E-state index contributed by atoms with van der Waals surface area (Å²) >= 11 is 0. The standard InChI is InChI=1S/C16H24N2O3/c1-5-11(2)17-15(19)12(3)18(4)10-13-6-8-14(9-7-13)16(20)21/h6-9,11-12H,5,10H2,1-4H3,(H,17,19)(H,20,21). The summed E-state index contributed by atoms with van der Waals surface area (Å²) in [5, 5.41) is 11.8. The molecule has 0 aliphatic carbocycles. The van der Waals surface area contributed by atoms with Crippen LogP contribution < -0.4 is 5.32 Å². The summed E-state index contributed by atoms with van der Waals surface area (Å²) in [6.07, 6.45) is 0.902. The fourth-order valence-corrected chi connectivity index (χ4v) is 1.84. The number of carboxylic acid groups (broad SMARTS) is 1. The lowest BCUT2D eigenvalue weighted by Crippen LogP contribution is -2.45. The van der Waals surface area contributed by atoms with Crippen molar-refractivity contribution in [2.24, 2.45) is 0 Å². The van der Waals surface area contributed by atoms with Crippen LogP contribution in [0.5, 0.6) is 0 Å². The van der Waals surface area contributed by atoms with Crippen LogP contribution in [-0.2, 0) is 11.3 Å². The monoisotopic (exact) mass is 292 g/mol. The first-order valence-corrected chi connectivity index (χ1v) is 7.18. The van der Waals surface area contributed by atoms with Gasteiger partial charge in [0.25, 0.3) is 0 Å². The summed E-state index contributed by atoms with van der Waals surface area (Å²) in [4.78, 5) is 24.8.